The minimum absolute atomic E-state index is 0.0811. The molecule has 0 spiro atoms. The highest BCUT2D eigenvalue weighted by molar-refractivity contribution is 9.10. The fourth-order valence-corrected chi connectivity index (χ4v) is 2.35. The number of anilines is 1. The number of nitrogens with zero attached hydrogens (tertiary/aromatic N) is 3. The molecule has 112 valence electrons. The molecule has 5 heteroatoms. The summed E-state index contributed by atoms with van der Waals surface area (Å²) in [6.07, 6.45) is 1.80. The van der Waals surface area contributed by atoms with E-state index in [0.29, 0.717) is 5.69 Å². The molecule has 21 heavy (non-hydrogen) atoms. The Kier molecular flexibility index (Phi) is 5.31. The van der Waals surface area contributed by atoms with Gasteiger partial charge in [0.1, 0.15) is 5.82 Å². The summed E-state index contributed by atoms with van der Waals surface area (Å²) < 4.78 is 1.06. The van der Waals surface area contributed by atoms with Crippen LogP contribution in [0.25, 0.3) is 0 Å². The molecule has 0 aliphatic carbocycles. The van der Waals surface area contributed by atoms with Gasteiger partial charge in [0, 0.05) is 24.0 Å². The van der Waals surface area contributed by atoms with Crippen molar-refractivity contribution in [2.24, 2.45) is 0 Å². The van der Waals surface area contributed by atoms with E-state index in [4.69, 9.17) is 0 Å². The average molecular weight is 350 g/mol. The normalized spacial score (nSPS) is 11.0. The van der Waals surface area contributed by atoms with Crippen molar-refractivity contribution < 1.29 is 5.11 Å². The van der Waals surface area contributed by atoms with Gasteiger partial charge in [0.2, 0.25) is 0 Å². The quantitative estimate of drug-likeness (QED) is 0.897. The number of aromatic nitrogens is 2. The highest BCUT2D eigenvalue weighted by Crippen LogP contribution is 2.21. The Bertz CT molecular complexity index is 599. The van der Waals surface area contributed by atoms with Crippen molar-refractivity contribution in [1.82, 2.24) is 9.97 Å². The molecule has 0 unspecified atom stereocenters. The van der Waals surface area contributed by atoms with Gasteiger partial charge in [0.25, 0.3) is 0 Å². The molecule has 0 aliphatic heterocycles. The largest absolute Gasteiger partial charge is 0.390 e. The van der Waals surface area contributed by atoms with E-state index in [-0.39, 0.29) is 12.5 Å². The van der Waals surface area contributed by atoms with Gasteiger partial charge in [0.05, 0.1) is 24.2 Å². The van der Waals surface area contributed by atoms with E-state index in [1.54, 1.807) is 6.20 Å². The molecule has 0 fully saturated rings. The molecular formula is C16H20BrN3O. The summed E-state index contributed by atoms with van der Waals surface area (Å²) in [6.45, 7) is 4.75. The first-order valence-corrected chi connectivity index (χ1v) is 7.72. The predicted octanol–water partition coefficient (Wildman–Crippen LogP) is 3.49. The van der Waals surface area contributed by atoms with Gasteiger partial charge in [-0.05, 0) is 17.7 Å². The van der Waals surface area contributed by atoms with Crippen molar-refractivity contribution >= 4 is 21.6 Å². The molecular weight excluding hydrogens is 330 g/mol. The fraction of sp³-hybridized carbons (Fsp3) is 0.375. The van der Waals surface area contributed by atoms with Crippen molar-refractivity contribution in [2.75, 3.05) is 11.9 Å². The molecule has 0 bridgehead atoms. The van der Waals surface area contributed by atoms with Gasteiger partial charge in [-0.3, -0.25) is 0 Å². The van der Waals surface area contributed by atoms with E-state index < -0.39 is 0 Å². The van der Waals surface area contributed by atoms with Crippen LogP contribution in [0.3, 0.4) is 0 Å². The SMILES string of the molecule is CC(C)c1ncc(N(C)Cc2ccc(Br)cc2)c(CO)n1. The third kappa shape index (κ3) is 4.02. The highest BCUT2D eigenvalue weighted by Gasteiger charge is 2.12. The standard InChI is InChI=1S/C16H20BrN3O/c1-11(2)16-18-8-15(14(10-21)19-16)20(3)9-12-4-6-13(17)7-5-12/h4-8,11,21H,9-10H2,1-3H3. The molecule has 2 rings (SSSR count). The first kappa shape index (κ1) is 15.9. The van der Waals surface area contributed by atoms with Gasteiger partial charge in [-0.2, -0.15) is 0 Å². The second-order valence-corrected chi connectivity index (χ2v) is 6.27. The van der Waals surface area contributed by atoms with Crippen molar-refractivity contribution in [2.45, 2.75) is 32.9 Å². The van der Waals surface area contributed by atoms with Crippen LogP contribution in [0.1, 0.15) is 36.8 Å². The van der Waals surface area contributed by atoms with Crippen LogP contribution in [-0.2, 0) is 13.2 Å². The number of rotatable bonds is 5. The number of aliphatic hydroxyl groups is 1. The Morgan fingerprint density at radius 3 is 2.48 bits per heavy atom. The molecule has 0 saturated heterocycles. The summed E-state index contributed by atoms with van der Waals surface area (Å²) >= 11 is 3.43. The van der Waals surface area contributed by atoms with Gasteiger partial charge in [-0.15, -0.1) is 0 Å². The zero-order valence-electron chi connectivity index (χ0n) is 12.5. The molecule has 2 aromatic rings. The summed E-state index contributed by atoms with van der Waals surface area (Å²) in [5.74, 6) is 1.01. The zero-order chi connectivity index (χ0) is 15.4. The van der Waals surface area contributed by atoms with Crippen LogP contribution in [0.2, 0.25) is 0 Å². The van der Waals surface area contributed by atoms with Crippen molar-refractivity contribution in [3.8, 4) is 0 Å². The monoisotopic (exact) mass is 349 g/mol. The van der Waals surface area contributed by atoms with Crippen LogP contribution in [0.5, 0.6) is 0 Å². The summed E-state index contributed by atoms with van der Waals surface area (Å²) in [5, 5.41) is 9.55. The van der Waals surface area contributed by atoms with E-state index in [2.05, 4.69) is 42.9 Å². The Balaban J connectivity index is 2.22. The molecule has 1 heterocycles. The van der Waals surface area contributed by atoms with Gasteiger partial charge in [-0.1, -0.05) is 41.9 Å². The second-order valence-electron chi connectivity index (χ2n) is 5.36. The van der Waals surface area contributed by atoms with Crippen molar-refractivity contribution in [3.05, 3.63) is 52.0 Å². The van der Waals surface area contributed by atoms with Crippen molar-refractivity contribution in [3.63, 3.8) is 0 Å². The van der Waals surface area contributed by atoms with Gasteiger partial charge in [0.15, 0.2) is 0 Å². The van der Waals surface area contributed by atoms with Crippen LogP contribution < -0.4 is 4.90 Å². The van der Waals surface area contributed by atoms with Crippen LogP contribution in [-0.4, -0.2) is 22.1 Å². The minimum Gasteiger partial charge on any atom is -0.390 e. The predicted molar refractivity (Wildman–Crippen MR) is 88.3 cm³/mol. The van der Waals surface area contributed by atoms with Crippen LogP contribution in [0.4, 0.5) is 5.69 Å². The fourth-order valence-electron chi connectivity index (χ4n) is 2.09. The van der Waals surface area contributed by atoms with E-state index >= 15 is 0 Å². The number of halogens is 1. The van der Waals surface area contributed by atoms with Gasteiger partial charge < -0.3 is 10.0 Å². The molecule has 1 N–H and O–H groups in total. The molecule has 0 amide bonds. The highest BCUT2D eigenvalue weighted by atomic mass is 79.9. The Labute approximate surface area is 134 Å². The molecule has 0 aliphatic rings. The third-order valence-corrected chi connectivity index (χ3v) is 3.80. The van der Waals surface area contributed by atoms with Gasteiger partial charge >= 0.3 is 0 Å². The van der Waals surface area contributed by atoms with Crippen LogP contribution in [0, 0.1) is 0 Å². The molecule has 1 aromatic carbocycles. The second kappa shape index (κ2) is 7.00. The maximum Gasteiger partial charge on any atom is 0.131 e. The first-order valence-electron chi connectivity index (χ1n) is 6.93. The molecule has 0 atom stereocenters. The van der Waals surface area contributed by atoms with Crippen LogP contribution >= 0.6 is 15.9 Å². The topological polar surface area (TPSA) is 49.2 Å². The number of benzene rings is 1. The lowest BCUT2D eigenvalue weighted by Crippen LogP contribution is -2.20. The Morgan fingerprint density at radius 1 is 1.24 bits per heavy atom. The summed E-state index contributed by atoms with van der Waals surface area (Å²) in [4.78, 5) is 10.9. The third-order valence-electron chi connectivity index (χ3n) is 3.27. The maximum absolute atomic E-state index is 9.55. The molecule has 4 nitrogen and oxygen atoms in total. The van der Waals surface area contributed by atoms with Gasteiger partial charge in [-0.25, -0.2) is 9.97 Å². The van der Waals surface area contributed by atoms with E-state index in [1.807, 2.05) is 33.0 Å². The lowest BCUT2D eigenvalue weighted by molar-refractivity contribution is 0.276. The Hall–Kier alpha value is -1.46. The molecule has 0 radical (unpaired) electrons. The first-order chi connectivity index (χ1) is 10.0. The smallest absolute Gasteiger partial charge is 0.131 e. The summed E-state index contributed by atoms with van der Waals surface area (Å²) in [7, 11) is 1.98. The number of aliphatic hydroxyl groups excluding tert-OH is 1. The lowest BCUT2D eigenvalue weighted by Gasteiger charge is -2.22. The molecule has 0 saturated carbocycles. The maximum atomic E-state index is 9.55. The van der Waals surface area contributed by atoms with Crippen LogP contribution in [0.15, 0.2) is 34.9 Å². The average Bonchev–Trinajstić information content (AvgIpc) is 2.48. The molecule has 1 aromatic heterocycles. The minimum atomic E-state index is -0.0811. The zero-order valence-corrected chi connectivity index (χ0v) is 14.1. The van der Waals surface area contributed by atoms with Crippen molar-refractivity contribution in [1.29, 1.82) is 0 Å². The number of hydrogen-bond acceptors (Lipinski definition) is 4. The van der Waals surface area contributed by atoms with E-state index in [0.717, 1.165) is 22.5 Å². The van der Waals surface area contributed by atoms with E-state index in [9.17, 15) is 5.11 Å². The van der Waals surface area contributed by atoms with E-state index in [1.165, 1.54) is 5.56 Å². The summed E-state index contributed by atoms with van der Waals surface area (Å²) in [5.41, 5.74) is 2.73. The Morgan fingerprint density at radius 2 is 1.90 bits per heavy atom. The summed E-state index contributed by atoms with van der Waals surface area (Å²) in [6, 6.07) is 8.19. The lowest BCUT2D eigenvalue weighted by atomic mass is 10.2. The number of hydrogen-bond donors (Lipinski definition) is 1.